The van der Waals surface area contributed by atoms with E-state index in [1.165, 1.54) is 24.3 Å². The average Bonchev–Trinajstić information content (AvgIpc) is 3.23. The lowest BCUT2D eigenvalue weighted by atomic mass is 9.65. The fraction of sp³-hybridized carbons (Fsp3) is 0.375. The molecule has 7 heteroatoms. The molecule has 1 fully saturated rings. The van der Waals surface area contributed by atoms with E-state index < -0.39 is 35.4 Å². The molecule has 0 amide bonds. The summed E-state index contributed by atoms with van der Waals surface area (Å²) in [6, 6.07) is 13.8. The molecule has 0 radical (unpaired) electrons. The van der Waals surface area contributed by atoms with Crippen LogP contribution in [0.15, 0.2) is 48.5 Å². The van der Waals surface area contributed by atoms with Gasteiger partial charge in [0.2, 0.25) is 11.6 Å². The standard InChI is InChI=1S/C24H25ClN2O4/c1-26-24(23(30)31,13-20(28)22(29)14-9-11-15(25)12-10-14)21-16-5-2-3-7-18(16)27-19-8-4-6-17(19)21/h2-3,5,7,9-12,17,19,21,26-27H,4,6,8,13H2,1H3,(H,30,31). The normalized spacial score (nSPS) is 23.7. The van der Waals surface area contributed by atoms with Crippen LogP contribution in [0.4, 0.5) is 5.69 Å². The molecule has 6 nitrogen and oxygen atoms in total. The summed E-state index contributed by atoms with van der Waals surface area (Å²) < 4.78 is 0. The van der Waals surface area contributed by atoms with Crippen LogP contribution in [0.2, 0.25) is 5.02 Å². The van der Waals surface area contributed by atoms with Crippen LogP contribution >= 0.6 is 11.6 Å². The summed E-state index contributed by atoms with van der Waals surface area (Å²) in [5.41, 5.74) is 0.376. The molecular weight excluding hydrogens is 416 g/mol. The number of fused-ring (bicyclic) bond motifs is 2. The van der Waals surface area contributed by atoms with Gasteiger partial charge in [-0.15, -0.1) is 0 Å². The van der Waals surface area contributed by atoms with Crippen molar-refractivity contribution in [3.05, 3.63) is 64.7 Å². The Labute approximate surface area is 186 Å². The van der Waals surface area contributed by atoms with Crippen LogP contribution < -0.4 is 10.6 Å². The highest BCUT2D eigenvalue weighted by atomic mass is 35.5. The summed E-state index contributed by atoms with van der Waals surface area (Å²) >= 11 is 5.88. The maximum Gasteiger partial charge on any atom is 0.325 e. The molecule has 2 aromatic carbocycles. The Morgan fingerprint density at radius 2 is 1.84 bits per heavy atom. The van der Waals surface area contributed by atoms with Gasteiger partial charge in [0, 0.05) is 34.7 Å². The maximum atomic E-state index is 13.1. The highest BCUT2D eigenvalue weighted by molar-refractivity contribution is 6.44. The van der Waals surface area contributed by atoms with E-state index in [-0.39, 0.29) is 17.5 Å². The van der Waals surface area contributed by atoms with Crippen molar-refractivity contribution in [2.75, 3.05) is 12.4 Å². The van der Waals surface area contributed by atoms with Crippen LogP contribution in [0.25, 0.3) is 0 Å². The van der Waals surface area contributed by atoms with Crippen LogP contribution in [-0.2, 0) is 9.59 Å². The quantitative estimate of drug-likeness (QED) is 0.446. The van der Waals surface area contributed by atoms with E-state index in [9.17, 15) is 19.5 Å². The topological polar surface area (TPSA) is 95.5 Å². The van der Waals surface area contributed by atoms with E-state index in [0.717, 1.165) is 30.5 Å². The van der Waals surface area contributed by atoms with E-state index in [4.69, 9.17) is 11.6 Å². The second kappa shape index (κ2) is 8.44. The number of carboxylic acid groups (broad SMARTS) is 1. The number of hydrogen-bond donors (Lipinski definition) is 3. The molecule has 3 N–H and O–H groups in total. The molecular formula is C24H25ClN2O4. The summed E-state index contributed by atoms with van der Waals surface area (Å²) in [5.74, 6) is -2.95. The number of carboxylic acids is 1. The highest BCUT2D eigenvalue weighted by Crippen LogP contribution is 2.51. The van der Waals surface area contributed by atoms with Gasteiger partial charge in [0.15, 0.2) is 0 Å². The molecule has 1 aliphatic heterocycles. The molecule has 0 spiro atoms. The number of Topliss-reactive ketones (excluding diaryl/α,β-unsaturated/α-hetero) is 2. The van der Waals surface area contributed by atoms with Gasteiger partial charge < -0.3 is 15.7 Å². The number of ketones is 2. The molecule has 4 unspecified atom stereocenters. The summed E-state index contributed by atoms with van der Waals surface area (Å²) in [6.07, 6.45) is 2.38. The van der Waals surface area contributed by atoms with Crippen LogP contribution in [0.5, 0.6) is 0 Å². The smallest absolute Gasteiger partial charge is 0.325 e. The molecule has 4 rings (SSSR count). The Bertz CT molecular complexity index is 1020. The number of benzene rings is 2. The first-order valence-corrected chi connectivity index (χ1v) is 10.9. The van der Waals surface area contributed by atoms with Crippen molar-refractivity contribution >= 4 is 34.8 Å². The van der Waals surface area contributed by atoms with E-state index >= 15 is 0 Å². The van der Waals surface area contributed by atoms with Gasteiger partial charge in [0.05, 0.1) is 0 Å². The van der Waals surface area contributed by atoms with Gasteiger partial charge in [-0.25, -0.2) is 0 Å². The van der Waals surface area contributed by atoms with Gasteiger partial charge in [-0.05, 0) is 61.7 Å². The van der Waals surface area contributed by atoms with E-state index in [1.807, 2.05) is 24.3 Å². The predicted octanol–water partition coefficient (Wildman–Crippen LogP) is 3.90. The largest absolute Gasteiger partial charge is 0.480 e. The Balaban J connectivity index is 1.74. The number of para-hydroxylation sites is 1. The summed E-state index contributed by atoms with van der Waals surface area (Å²) in [5, 5.41) is 17.4. The number of carbonyl (C=O) groups excluding carboxylic acids is 2. The second-order valence-electron chi connectivity index (χ2n) is 8.37. The second-order valence-corrected chi connectivity index (χ2v) is 8.81. The summed E-state index contributed by atoms with van der Waals surface area (Å²) in [4.78, 5) is 38.6. The first-order valence-electron chi connectivity index (χ1n) is 10.5. The molecule has 0 aromatic heterocycles. The zero-order valence-electron chi connectivity index (χ0n) is 17.2. The van der Waals surface area contributed by atoms with Gasteiger partial charge in [0.25, 0.3) is 0 Å². The number of aliphatic carboxylic acids is 1. The van der Waals surface area contributed by atoms with Crippen LogP contribution in [0, 0.1) is 5.92 Å². The van der Waals surface area contributed by atoms with Crippen molar-refractivity contribution in [1.29, 1.82) is 0 Å². The maximum absolute atomic E-state index is 13.1. The Kier molecular flexibility index (Phi) is 5.86. The van der Waals surface area contributed by atoms with E-state index in [0.29, 0.717) is 5.02 Å². The Morgan fingerprint density at radius 3 is 2.52 bits per heavy atom. The summed E-state index contributed by atoms with van der Waals surface area (Å²) in [6.45, 7) is 0. The van der Waals surface area contributed by atoms with Crippen molar-refractivity contribution in [3.8, 4) is 0 Å². The minimum atomic E-state index is -1.59. The third-order valence-corrected chi connectivity index (χ3v) is 7.04. The Morgan fingerprint density at radius 1 is 1.13 bits per heavy atom. The third-order valence-electron chi connectivity index (χ3n) is 6.79. The number of hydrogen-bond acceptors (Lipinski definition) is 5. The molecule has 2 aliphatic rings. The number of likely N-dealkylation sites (N-methyl/N-ethyl adjacent to an activating group) is 1. The molecule has 1 aliphatic carbocycles. The Hall–Kier alpha value is -2.70. The molecule has 0 saturated heterocycles. The van der Waals surface area contributed by atoms with Crippen molar-refractivity contribution in [1.82, 2.24) is 5.32 Å². The molecule has 31 heavy (non-hydrogen) atoms. The van der Waals surface area contributed by atoms with Gasteiger partial charge in [-0.1, -0.05) is 36.2 Å². The molecule has 4 atom stereocenters. The molecule has 0 bridgehead atoms. The van der Waals surface area contributed by atoms with Gasteiger partial charge >= 0.3 is 5.97 Å². The van der Waals surface area contributed by atoms with E-state index in [1.54, 1.807) is 7.05 Å². The minimum absolute atomic E-state index is 0.0527. The number of halogens is 1. The number of carbonyl (C=O) groups is 3. The lowest BCUT2D eigenvalue weighted by Gasteiger charge is -2.46. The van der Waals surface area contributed by atoms with Crippen molar-refractivity contribution in [2.45, 2.75) is 43.2 Å². The fourth-order valence-corrected chi connectivity index (χ4v) is 5.42. The molecule has 2 aromatic rings. The summed E-state index contributed by atoms with van der Waals surface area (Å²) in [7, 11) is 1.56. The first kappa shape index (κ1) is 21.5. The fourth-order valence-electron chi connectivity index (χ4n) is 5.29. The predicted molar refractivity (Wildman–Crippen MR) is 119 cm³/mol. The molecule has 1 heterocycles. The zero-order chi connectivity index (χ0) is 22.2. The lowest BCUT2D eigenvalue weighted by Crippen LogP contribution is -2.60. The number of rotatable bonds is 7. The average molecular weight is 441 g/mol. The van der Waals surface area contributed by atoms with Crippen LogP contribution in [-0.4, -0.2) is 41.3 Å². The van der Waals surface area contributed by atoms with Gasteiger partial charge in [0.1, 0.15) is 5.54 Å². The third kappa shape index (κ3) is 3.75. The number of nitrogens with one attached hydrogen (secondary N) is 2. The van der Waals surface area contributed by atoms with Gasteiger partial charge in [-0.3, -0.25) is 14.4 Å². The van der Waals surface area contributed by atoms with Crippen molar-refractivity contribution in [3.63, 3.8) is 0 Å². The van der Waals surface area contributed by atoms with Crippen molar-refractivity contribution in [2.24, 2.45) is 5.92 Å². The zero-order valence-corrected chi connectivity index (χ0v) is 18.0. The monoisotopic (exact) mass is 440 g/mol. The van der Waals surface area contributed by atoms with Crippen molar-refractivity contribution < 1.29 is 19.5 Å². The van der Waals surface area contributed by atoms with Crippen LogP contribution in [0.1, 0.15) is 47.5 Å². The minimum Gasteiger partial charge on any atom is -0.480 e. The molecule has 1 saturated carbocycles. The first-order chi connectivity index (χ1) is 14.9. The van der Waals surface area contributed by atoms with Gasteiger partial charge in [-0.2, -0.15) is 0 Å². The highest BCUT2D eigenvalue weighted by Gasteiger charge is 2.55. The molecule has 162 valence electrons. The lowest BCUT2D eigenvalue weighted by molar-refractivity contribution is -0.148. The number of anilines is 1. The SMILES string of the molecule is CNC(CC(=O)C(=O)c1ccc(Cl)cc1)(C(=O)O)C1c2ccccc2NC2CCCC21. The van der Waals surface area contributed by atoms with Crippen LogP contribution in [0.3, 0.4) is 0 Å². The van der Waals surface area contributed by atoms with E-state index in [2.05, 4.69) is 10.6 Å².